The molecule has 1 aromatic rings. The van der Waals surface area contributed by atoms with Gasteiger partial charge >= 0.3 is 12.1 Å². The van der Waals surface area contributed by atoms with Crippen LogP contribution in [0.4, 0.5) is 18.9 Å². The van der Waals surface area contributed by atoms with Crippen LogP contribution < -0.4 is 5.32 Å². The number of rotatable bonds is 4. The predicted molar refractivity (Wildman–Crippen MR) is 58.2 cm³/mol. The fourth-order valence-corrected chi connectivity index (χ4v) is 1.23. The first kappa shape index (κ1) is 14.3. The van der Waals surface area contributed by atoms with E-state index in [1.54, 1.807) is 0 Å². The fraction of sp³-hybridized carbons (Fsp3) is 0.364. The Kier molecular flexibility index (Phi) is 3.85. The van der Waals surface area contributed by atoms with Crippen molar-refractivity contribution < 1.29 is 28.2 Å². The van der Waals surface area contributed by atoms with Gasteiger partial charge in [-0.2, -0.15) is 13.2 Å². The number of anilines is 1. The van der Waals surface area contributed by atoms with Crippen molar-refractivity contribution in [2.45, 2.75) is 18.7 Å². The summed E-state index contributed by atoms with van der Waals surface area (Å²) in [6, 6.07) is 4.65. The van der Waals surface area contributed by atoms with Crippen molar-refractivity contribution in [2.24, 2.45) is 0 Å². The molecule has 1 atom stereocenters. The van der Waals surface area contributed by atoms with E-state index in [9.17, 15) is 23.1 Å². The lowest BCUT2D eigenvalue weighted by atomic mass is 10.1. The maximum absolute atomic E-state index is 12.6. The second kappa shape index (κ2) is 4.85. The van der Waals surface area contributed by atoms with Crippen LogP contribution in [-0.4, -0.2) is 28.3 Å². The molecule has 1 unspecified atom stereocenters. The molecule has 0 radical (unpaired) electrons. The number of nitrogens with one attached hydrogen (secondary N) is 1. The lowest BCUT2D eigenvalue weighted by Gasteiger charge is -2.21. The van der Waals surface area contributed by atoms with Gasteiger partial charge in [-0.25, -0.2) is 4.79 Å². The molecule has 0 bridgehead atoms. The van der Waals surface area contributed by atoms with Gasteiger partial charge in [0.1, 0.15) is 0 Å². The molecule has 0 aliphatic carbocycles. The molecule has 3 N–H and O–H groups in total. The minimum atomic E-state index is -4.54. The molecule has 0 aliphatic rings. The van der Waals surface area contributed by atoms with Gasteiger partial charge in [-0.15, -0.1) is 0 Å². The second-order valence-electron chi connectivity index (χ2n) is 3.98. The average Bonchev–Trinajstić information content (AvgIpc) is 2.25. The number of benzene rings is 1. The monoisotopic (exact) mass is 263 g/mol. The zero-order valence-electron chi connectivity index (χ0n) is 9.45. The number of alkyl halides is 3. The average molecular weight is 263 g/mol. The van der Waals surface area contributed by atoms with Crippen molar-refractivity contribution in [1.82, 2.24) is 0 Å². The molecular weight excluding hydrogens is 251 g/mol. The van der Waals surface area contributed by atoms with Gasteiger partial charge in [0.15, 0.2) is 5.60 Å². The highest BCUT2D eigenvalue weighted by molar-refractivity contribution is 5.77. The molecule has 0 aromatic heterocycles. The van der Waals surface area contributed by atoms with E-state index in [4.69, 9.17) is 5.11 Å². The second-order valence-corrected chi connectivity index (χ2v) is 3.98. The first-order valence-corrected chi connectivity index (χ1v) is 5.00. The minimum Gasteiger partial charge on any atom is -0.479 e. The Morgan fingerprint density at radius 1 is 1.33 bits per heavy atom. The molecule has 0 saturated heterocycles. The van der Waals surface area contributed by atoms with Crippen molar-refractivity contribution in [3.8, 4) is 0 Å². The van der Waals surface area contributed by atoms with E-state index in [1.807, 2.05) is 0 Å². The summed E-state index contributed by atoms with van der Waals surface area (Å²) in [5, 5.41) is 20.3. The molecule has 0 heterocycles. The van der Waals surface area contributed by atoms with Gasteiger partial charge in [0, 0.05) is 5.69 Å². The first-order chi connectivity index (χ1) is 8.14. The summed E-state index contributed by atoms with van der Waals surface area (Å²) in [6.45, 7) is 0.466. The van der Waals surface area contributed by atoms with E-state index in [1.165, 1.54) is 18.2 Å². The lowest BCUT2D eigenvalue weighted by Crippen LogP contribution is -2.42. The summed E-state index contributed by atoms with van der Waals surface area (Å²) in [5.74, 6) is -1.51. The van der Waals surface area contributed by atoms with E-state index in [0.29, 0.717) is 0 Å². The Bertz CT molecular complexity index is 443. The Morgan fingerprint density at radius 2 is 1.89 bits per heavy atom. The molecule has 1 rings (SSSR count). The summed E-state index contributed by atoms with van der Waals surface area (Å²) in [5.41, 5.74) is -3.32. The summed E-state index contributed by atoms with van der Waals surface area (Å²) < 4.78 is 37.8. The Morgan fingerprint density at radius 3 is 2.39 bits per heavy atom. The minimum absolute atomic E-state index is 0.272. The zero-order valence-corrected chi connectivity index (χ0v) is 9.45. The predicted octanol–water partition coefficient (Wildman–Crippen LogP) is 1.95. The normalized spacial score (nSPS) is 14.9. The molecule has 18 heavy (non-hydrogen) atoms. The first-order valence-electron chi connectivity index (χ1n) is 5.00. The van der Waals surface area contributed by atoms with Gasteiger partial charge in [-0.1, -0.05) is 12.1 Å². The van der Waals surface area contributed by atoms with Gasteiger partial charge in [0.2, 0.25) is 0 Å². The number of aliphatic hydroxyl groups is 1. The molecule has 0 aliphatic heterocycles. The maximum atomic E-state index is 12.6. The molecular formula is C11H12F3NO3. The third-order valence-corrected chi connectivity index (χ3v) is 2.32. The molecule has 7 heteroatoms. The van der Waals surface area contributed by atoms with Gasteiger partial charge < -0.3 is 15.5 Å². The quantitative estimate of drug-likeness (QED) is 0.776. The number of para-hydroxylation sites is 1. The third-order valence-electron chi connectivity index (χ3n) is 2.32. The van der Waals surface area contributed by atoms with Crippen molar-refractivity contribution >= 4 is 11.7 Å². The Labute approximate surface area is 101 Å². The van der Waals surface area contributed by atoms with Crippen LogP contribution in [-0.2, 0) is 11.0 Å². The smallest absolute Gasteiger partial charge is 0.418 e. The van der Waals surface area contributed by atoms with E-state index in [0.717, 1.165) is 13.0 Å². The van der Waals surface area contributed by atoms with E-state index >= 15 is 0 Å². The number of carbonyl (C=O) groups is 1. The van der Waals surface area contributed by atoms with Crippen molar-refractivity contribution in [3.63, 3.8) is 0 Å². The van der Waals surface area contributed by atoms with E-state index < -0.39 is 29.9 Å². The lowest BCUT2D eigenvalue weighted by molar-refractivity contribution is -0.155. The van der Waals surface area contributed by atoms with Gasteiger partial charge in [0.05, 0.1) is 12.1 Å². The molecule has 1 aromatic carbocycles. The summed E-state index contributed by atoms with van der Waals surface area (Å²) >= 11 is 0. The van der Waals surface area contributed by atoms with Gasteiger partial charge in [-0.3, -0.25) is 0 Å². The van der Waals surface area contributed by atoms with E-state index in [2.05, 4.69) is 5.32 Å². The van der Waals surface area contributed by atoms with Crippen LogP contribution in [0.5, 0.6) is 0 Å². The molecule has 4 nitrogen and oxygen atoms in total. The van der Waals surface area contributed by atoms with Crippen molar-refractivity contribution in [3.05, 3.63) is 29.8 Å². The molecule has 0 saturated carbocycles. The van der Waals surface area contributed by atoms with Gasteiger partial charge in [-0.05, 0) is 19.1 Å². The topological polar surface area (TPSA) is 69.6 Å². The van der Waals surface area contributed by atoms with Crippen LogP contribution in [0.15, 0.2) is 24.3 Å². The highest BCUT2D eigenvalue weighted by Crippen LogP contribution is 2.34. The Balaban J connectivity index is 2.90. The van der Waals surface area contributed by atoms with Crippen molar-refractivity contribution in [2.75, 3.05) is 11.9 Å². The molecule has 0 spiro atoms. The number of hydrogen-bond acceptors (Lipinski definition) is 3. The summed E-state index contributed by atoms with van der Waals surface area (Å²) in [7, 11) is 0. The number of carboxylic acids is 1. The highest BCUT2D eigenvalue weighted by Gasteiger charge is 2.35. The van der Waals surface area contributed by atoms with Crippen LogP contribution in [0, 0.1) is 0 Å². The third kappa shape index (κ3) is 3.36. The Hall–Kier alpha value is -1.76. The highest BCUT2D eigenvalue weighted by atomic mass is 19.4. The largest absolute Gasteiger partial charge is 0.479 e. The maximum Gasteiger partial charge on any atom is 0.418 e. The molecule has 0 amide bonds. The number of aliphatic carboxylic acids is 1. The van der Waals surface area contributed by atoms with Crippen LogP contribution in [0.1, 0.15) is 12.5 Å². The van der Waals surface area contributed by atoms with Gasteiger partial charge in [0.25, 0.3) is 0 Å². The fourth-order valence-electron chi connectivity index (χ4n) is 1.23. The number of carboxylic acid groups (broad SMARTS) is 1. The molecule has 100 valence electrons. The van der Waals surface area contributed by atoms with Crippen LogP contribution in [0.25, 0.3) is 0 Å². The summed E-state index contributed by atoms with van der Waals surface area (Å²) in [6.07, 6.45) is -4.54. The number of hydrogen-bond donors (Lipinski definition) is 3. The molecule has 0 fully saturated rings. The van der Waals surface area contributed by atoms with E-state index in [-0.39, 0.29) is 5.69 Å². The number of halogens is 3. The van der Waals surface area contributed by atoms with Crippen LogP contribution in [0.2, 0.25) is 0 Å². The summed E-state index contributed by atoms with van der Waals surface area (Å²) in [4.78, 5) is 10.6. The van der Waals surface area contributed by atoms with Crippen molar-refractivity contribution in [1.29, 1.82) is 0 Å². The van der Waals surface area contributed by atoms with Crippen LogP contribution in [0.3, 0.4) is 0 Å². The standard InChI is InChI=1S/C11H12F3NO3/c1-10(18,9(16)17)6-15-8-5-3-2-4-7(8)11(12,13)14/h2-5,15,18H,6H2,1H3,(H,16,17). The zero-order chi connectivity index (χ0) is 14.0. The van der Waals surface area contributed by atoms with Crippen LogP contribution >= 0.6 is 0 Å². The SMILES string of the molecule is CC(O)(CNc1ccccc1C(F)(F)F)C(=O)O.